The molecule has 2 N–H and O–H groups in total. The number of hydroxylamine groups is 2. The third-order valence-corrected chi connectivity index (χ3v) is 7.39. The fourth-order valence-corrected chi connectivity index (χ4v) is 5.25. The maximum Gasteiger partial charge on any atom is 0.233 e. The maximum absolute atomic E-state index is 15.3. The summed E-state index contributed by atoms with van der Waals surface area (Å²) in [4.78, 5) is 34.2. The Bertz CT molecular complexity index is 863. The number of aryl methyl sites for hydroxylation is 1. The summed E-state index contributed by atoms with van der Waals surface area (Å²) in [5, 5.41) is 12.8. The van der Waals surface area contributed by atoms with E-state index in [-0.39, 0.29) is 47.6 Å². The lowest BCUT2D eigenvalue weighted by Crippen LogP contribution is -2.50. The van der Waals surface area contributed by atoms with Gasteiger partial charge in [-0.3, -0.25) is 19.7 Å². The van der Waals surface area contributed by atoms with Crippen molar-refractivity contribution in [1.82, 2.24) is 25.2 Å². The molecule has 1 saturated heterocycles. The van der Waals surface area contributed by atoms with Crippen LogP contribution < -0.4 is 5.32 Å². The van der Waals surface area contributed by atoms with Gasteiger partial charge in [0, 0.05) is 18.6 Å². The van der Waals surface area contributed by atoms with Crippen molar-refractivity contribution in [3.8, 4) is 0 Å². The van der Waals surface area contributed by atoms with E-state index in [0.717, 1.165) is 38.8 Å². The third kappa shape index (κ3) is 8.06. The van der Waals surface area contributed by atoms with Crippen molar-refractivity contribution >= 4 is 23.9 Å². The maximum atomic E-state index is 15.3. The molecule has 1 atom stereocenters. The van der Waals surface area contributed by atoms with Gasteiger partial charge in [0.1, 0.15) is 5.69 Å². The van der Waals surface area contributed by atoms with Crippen LogP contribution in [0.5, 0.6) is 0 Å². The number of amides is 2. The van der Waals surface area contributed by atoms with E-state index in [1.165, 1.54) is 0 Å². The first-order valence-electron chi connectivity index (χ1n) is 12.4. The van der Waals surface area contributed by atoms with Crippen molar-refractivity contribution in [2.45, 2.75) is 70.9 Å². The lowest BCUT2D eigenvalue weighted by atomic mass is 9.92. The minimum Gasteiger partial charge on any atom is -0.379 e. The molecule has 196 valence electrons. The van der Waals surface area contributed by atoms with Crippen LogP contribution in [-0.4, -0.2) is 75.8 Å². The van der Waals surface area contributed by atoms with Crippen molar-refractivity contribution in [2.24, 2.45) is 11.8 Å². The second kappa shape index (κ2) is 12.9. The molecule has 2 amide bonds. The molecule has 0 bridgehead atoms. The molecule has 1 aromatic heterocycles. The number of morpholine rings is 1. The molecule has 1 aliphatic carbocycles. The summed E-state index contributed by atoms with van der Waals surface area (Å²) >= 11 is 6.09. The molecule has 2 heterocycles. The van der Waals surface area contributed by atoms with Crippen LogP contribution in [0.1, 0.15) is 63.8 Å². The summed E-state index contributed by atoms with van der Waals surface area (Å²) in [6.07, 6.45) is 6.17. The molecule has 1 saturated carbocycles. The van der Waals surface area contributed by atoms with Gasteiger partial charge in [-0.15, -0.1) is 0 Å². The van der Waals surface area contributed by atoms with Crippen LogP contribution in [0.3, 0.4) is 0 Å². The minimum absolute atomic E-state index is 0.0217. The van der Waals surface area contributed by atoms with Crippen molar-refractivity contribution < 1.29 is 23.9 Å². The minimum atomic E-state index is -0.595. The fraction of sp³-hybridized carbons (Fsp3) is 0.750. The van der Waals surface area contributed by atoms with Crippen LogP contribution >= 0.6 is 11.6 Å². The molecular formula is C24H37ClFN5O4. The molecular weight excluding hydrogens is 477 g/mol. The molecule has 35 heavy (non-hydrogen) atoms. The van der Waals surface area contributed by atoms with Crippen molar-refractivity contribution in [3.05, 3.63) is 22.5 Å². The highest BCUT2D eigenvalue weighted by atomic mass is 35.5. The zero-order valence-corrected chi connectivity index (χ0v) is 21.4. The number of rotatable bonds is 12. The predicted octanol–water partition coefficient (Wildman–Crippen LogP) is 2.97. The van der Waals surface area contributed by atoms with E-state index in [1.807, 2.05) is 0 Å². The predicted molar refractivity (Wildman–Crippen MR) is 128 cm³/mol. The molecule has 1 aromatic rings. The first kappa shape index (κ1) is 27.7. The Morgan fingerprint density at radius 2 is 1.97 bits per heavy atom. The Labute approximate surface area is 211 Å². The van der Waals surface area contributed by atoms with Gasteiger partial charge in [-0.05, 0) is 50.6 Å². The van der Waals surface area contributed by atoms with E-state index in [4.69, 9.17) is 16.3 Å². The van der Waals surface area contributed by atoms with Gasteiger partial charge in [0.15, 0.2) is 5.82 Å². The highest BCUT2D eigenvalue weighted by molar-refractivity contribution is 6.28. The average Bonchev–Trinajstić information content (AvgIpc) is 3.36. The molecule has 0 aromatic carbocycles. The lowest BCUT2D eigenvalue weighted by Gasteiger charge is -2.41. The molecule has 0 radical (unpaired) electrons. The van der Waals surface area contributed by atoms with Gasteiger partial charge >= 0.3 is 0 Å². The van der Waals surface area contributed by atoms with Gasteiger partial charge in [0.05, 0.1) is 37.9 Å². The first-order chi connectivity index (χ1) is 16.7. The number of hydrogen-bond donors (Lipinski definition) is 2. The smallest absolute Gasteiger partial charge is 0.233 e. The van der Waals surface area contributed by atoms with E-state index >= 15 is 4.39 Å². The van der Waals surface area contributed by atoms with Gasteiger partial charge in [0.2, 0.25) is 17.6 Å². The second-order valence-corrected chi connectivity index (χ2v) is 10.5. The second-order valence-electron chi connectivity index (χ2n) is 10.1. The molecule has 2 aliphatic rings. The Balaban J connectivity index is 1.63. The normalized spacial score (nSPS) is 18.4. The molecule has 2 fully saturated rings. The van der Waals surface area contributed by atoms with E-state index in [2.05, 4.69) is 34.0 Å². The van der Waals surface area contributed by atoms with Crippen LogP contribution in [0.2, 0.25) is 5.28 Å². The zero-order valence-electron chi connectivity index (χ0n) is 20.6. The Morgan fingerprint density at radius 3 is 2.63 bits per heavy atom. The number of aromatic nitrogens is 2. The van der Waals surface area contributed by atoms with E-state index in [9.17, 15) is 14.8 Å². The van der Waals surface area contributed by atoms with Gasteiger partial charge in [0.25, 0.3) is 0 Å². The van der Waals surface area contributed by atoms with Gasteiger partial charge in [-0.25, -0.2) is 19.4 Å². The van der Waals surface area contributed by atoms with Crippen molar-refractivity contribution in [3.63, 3.8) is 0 Å². The number of carbonyl (C=O) groups is 2. The summed E-state index contributed by atoms with van der Waals surface area (Å²) in [5.41, 5.74) is 0.0819. The van der Waals surface area contributed by atoms with Crippen molar-refractivity contribution in [2.75, 3.05) is 32.8 Å². The summed E-state index contributed by atoms with van der Waals surface area (Å²) in [6.45, 7) is 7.00. The number of nitrogens with zero attached hydrogens (tertiary/aromatic N) is 4. The van der Waals surface area contributed by atoms with Gasteiger partial charge < -0.3 is 10.1 Å². The average molecular weight is 514 g/mol. The molecule has 9 nitrogen and oxygen atoms in total. The van der Waals surface area contributed by atoms with Gasteiger partial charge in [-0.2, -0.15) is 0 Å². The van der Waals surface area contributed by atoms with Crippen molar-refractivity contribution in [1.29, 1.82) is 0 Å². The number of hydrogen-bond acceptors (Lipinski definition) is 7. The zero-order chi connectivity index (χ0) is 25.4. The first-order valence-corrected chi connectivity index (χ1v) is 12.8. The van der Waals surface area contributed by atoms with E-state index < -0.39 is 11.7 Å². The highest BCUT2D eigenvalue weighted by Crippen LogP contribution is 2.31. The summed E-state index contributed by atoms with van der Waals surface area (Å²) in [7, 11) is 0. The monoisotopic (exact) mass is 513 g/mol. The Hall–Kier alpha value is -1.88. The summed E-state index contributed by atoms with van der Waals surface area (Å²) in [6, 6.07) is 0. The summed E-state index contributed by atoms with van der Waals surface area (Å²) < 4.78 is 20.7. The van der Waals surface area contributed by atoms with Gasteiger partial charge in [-0.1, -0.05) is 25.7 Å². The van der Waals surface area contributed by atoms with Crippen LogP contribution in [0.25, 0.3) is 0 Å². The largest absolute Gasteiger partial charge is 0.379 e. The van der Waals surface area contributed by atoms with Crippen LogP contribution in [0, 0.1) is 17.7 Å². The highest BCUT2D eigenvalue weighted by Gasteiger charge is 2.30. The number of nitrogens with one attached hydrogen (secondary N) is 1. The van der Waals surface area contributed by atoms with Crippen LogP contribution in [0.4, 0.5) is 4.39 Å². The Kier molecular flexibility index (Phi) is 10.2. The quantitative estimate of drug-likeness (QED) is 0.191. The third-order valence-electron chi connectivity index (χ3n) is 7.22. The van der Waals surface area contributed by atoms with E-state index in [1.54, 1.807) is 0 Å². The molecule has 3 rings (SSSR count). The SMILES string of the molecule is CC(C)(CCc1nc(Cl)nc(CNC(=O)[C@H](CC2CCCC2)CN(O)C=O)c1F)N1CCOCC1. The Morgan fingerprint density at radius 1 is 1.31 bits per heavy atom. The fourth-order valence-electron chi connectivity index (χ4n) is 5.04. The molecule has 11 heteroatoms. The topological polar surface area (TPSA) is 108 Å². The van der Waals surface area contributed by atoms with Crippen LogP contribution in [0.15, 0.2) is 0 Å². The number of carbonyl (C=O) groups excluding carboxylic acids is 2. The number of halogens is 2. The van der Waals surface area contributed by atoms with E-state index in [0.29, 0.717) is 43.5 Å². The lowest BCUT2D eigenvalue weighted by molar-refractivity contribution is -0.155. The van der Waals surface area contributed by atoms with Crippen LogP contribution in [-0.2, 0) is 27.3 Å². The molecule has 0 spiro atoms. The molecule has 0 unspecified atom stereocenters. The standard InChI is InChI=1S/C24H37ClFN5O4/c1-24(2,30-9-11-35-12-10-30)8-7-19-21(26)20(29-23(25)28-19)14-27-22(33)18(15-31(34)16-32)13-17-5-3-4-6-17/h16-18,34H,3-15H2,1-2H3,(H,27,33)/t18-/m1/s1. The molecule has 1 aliphatic heterocycles. The summed E-state index contributed by atoms with van der Waals surface area (Å²) in [5.74, 6) is -1.15. The number of ether oxygens (including phenoxy) is 1.